The van der Waals surface area contributed by atoms with Crippen molar-refractivity contribution in [3.05, 3.63) is 45.8 Å². The summed E-state index contributed by atoms with van der Waals surface area (Å²) >= 11 is 1.11. The number of rotatable bonds is 4. The summed E-state index contributed by atoms with van der Waals surface area (Å²) in [5.41, 5.74) is 0.845. The first-order valence-electron chi connectivity index (χ1n) is 7.79. The van der Waals surface area contributed by atoms with Gasteiger partial charge in [-0.05, 0) is 11.1 Å². The summed E-state index contributed by atoms with van der Waals surface area (Å²) in [5.74, 6) is 3.87. The van der Waals surface area contributed by atoms with Crippen molar-refractivity contribution < 1.29 is 24.6 Å². The fourth-order valence-corrected chi connectivity index (χ4v) is 4.58. The Bertz CT molecular complexity index is 855. The van der Waals surface area contributed by atoms with Gasteiger partial charge in [-0.3, -0.25) is 9.63 Å². The fraction of sp³-hybridized carbons (Fsp3) is 0.333. The zero-order valence-electron chi connectivity index (χ0n) is 13.9. The van der Waals surface area contributed by atoms with E-state index in [1.807, 2.05) is 0 Å². The Hall–Kier alpha value is -2.06. The first-order chi connectivity index (χ1) is 11.8. The molecule has 2 aromatic rings. The molecule has 0 radical (unpaired) electrons. The summed E-state index contributed by atoms with van der Waals surface area (Å²) in [6, 6.07) is 7.13. The van der Waals surface area contributed by atoms with Crippen LogP contribution >= 0.6 is 11.3 Å². The van der Waals surface area contributed by atoms with Gasteiger partial charge in [0.05, 0.1) is 28.0 Å². The maximum Gasteiger partial charge on any atom is 0.337 e. The third-order valence-corrected chi connectivity index (χ3v) is 5.82. The van der Waals surface area contributed by atoms with Crippen LogP contribution in [-0.2, 0) is 11.4 Å². The maximum atomic E-state index is 12.5. The van der Waals surface area contributed by atoms with Crippen LogP contribution < -0.4 is 5.90 Å². The highest BCUT2D eigenvalue weighted by atomic mass is 32.1. The SMILES string of the molecule is CC1(C)CC(=O)c2sc(-c3ccccc3CON)c(C(=O)O)c2C1O. The van der Waals surface area contributed by atoms with E-state index in [0.29, 0.717) is 20.9 Å². The molecular formula is C18H19NO5S. The van der Waals surface area contributed by atoms with Gasteiger partial charge in [0.2, 0.25) is 0 Å². The largest absolute Gasteiger partial charge is 0.478 e. The van der Waals surface area contributed by atoms with Crippen molar-refractivity contribution in [1.82, 2.24) is 0 Å². The number of aliphatic hydroxyl groups is 1. The smallest absolute Gasteiger partial charge is 0.337 e. The molecule has 3 rings (SSSR count). The molecule has 1 aromatic heterocycles. The van der Waals surface area contributed by atoms with Gasteiger partial charge >= 0.3 is 5.97 Å². The topological polar surface area (TPSA) is 110 Å². The molecule has 0 amide bonds. The van der Waals surface area contributed by atoms with Crippen LogP contribution in [0, 0.1) is 5.41 Å². The van der Waals surface area contributed by atoms with Crippen molar-refractivity contribution in [3.8, 4) is 10.4 Å². The average Bonchev–Trinajstić information content (AvgIpc) is 2.94. The van der Waals surface area contributed by atoms with Crippen molar-refractivity contribution >= 4 is 23.1 Å². The van der Waals surface area contributed by atoms with Gasteiger partial charge in [0.15, 0.2) is 5.78 Å². The standard InChI is InChI=1S/C18H19NO5S/c1-18(2)7-11(20)15-12(16(18)21)13(17(22)23)14(25-15)10-6-4-3-5-9(10)8-24-19/h3-6,16,21H,7-8,19H2,1-2H3,(H,22,23). The first kappa shape index (κ1) is 17.8. The van der Waals surface area contributed by atoms with E-state index in [1.165, 1.54) is 0 Å². The summed E-state index contributed by atoms with van der Waals surface area (Å²) in [5, 5.41) is 20.5. The summed E-state index contributed by atoms with van der Waals surface area (Å²) in [7, 11) is 0. The van der Waals surface area contributed by atoms with E-state index in [1.54, 1.807) is 38.1 Å². The monoisotopic (exact) mass is 361 g/mol. The highest BCUT2D eigenvalue weighted by Gasteiger charge is 2.44. The van der Waals surface area contributed by atoms with E-state index >= 15 is 0 Å². The number of fused-ring (bicyclic) bond motifs is 1. The number of carbonyl (C=O) groups excluding carboxylic acids is 1. The van der Waals surface area contributed by atoms with Crippen LogP contribution in [-0.4, -0.2) is 22.0 Å². The Morgan fingerprint density at radius 1 is 1.36 bits per heavy atom. The van der Waals surface area contributed by atoms with E-state index < -0.39 is 17.5 Å². The van der Waals surface area contributed by atoms with Crippen LogP contribution in [0.25, 0.3) is 10.4 Å². The molecule has 0 aliphatic heterocycles. The molecule has 1 aliphatic carbocycles. The lowest BCUT2D eigenvalue weighted by molar-refractivity contribution is 0.0313. The van der Waals surface area contributed by atoms with E-state index in [4.69, 9.17) is 10.7 Å². The summed E-state index contributed by atoms with van der Waals surface area (Å²) in [6.45, 7) is 3.63. The summed E-state index contributed by atoms with van der Waals surface area (Å²) < 4.78 is 0. The molecule has 1 aromatic carbocycles. The number of hydrogen-bond donors (Lipinski definition) is 3. The average molecular weight is 361 g/mol. The minimum atomic E-state index is -1.17. The van der Waals surface area contributed by atoms with Crippen molar-refractivity contribution in [3.63, 3.8) is 0 Å². The number of aromatic carboxylic acids is 1. The van der Waals surface area contributed by atoms with Crippen LogP contribution in [0.5, 0.6) is 0 Å². The molecule has 7 heteroatoms. The highest BCUT2D eigenvalue weighted by molar-refractivity contribution is 7.18. The molecule has 25 heavy (non-hydrogen) atoms. The van der Waals surface area contributed by atoms with Crippen molar-refractivity contribution in [2.45, 2.75) is 33.0 Å². The summed E-state index contributed by atoms with van der Waals surface area (Å²) in [6.07, 6.45) is -0.845. The molecule has 1 unspecified atom stereocenters. The van der Waals surface area contributed by atoms with Gasteiger partial charge in [0.25, 0.3) is 0 Å². The van der Waals surface area contributed by atoms with Gasteiger partial charge in [-0.25, -0.2) is 10.7 Å². The Balaban J connectivity index is 2.30. The minimum Gasteiger partial charge on any atom is -0.478 e. The third-order valence-electron chi connectivity index (χ3n) is 4.54. The van der Waals surface area contributed by atoms with Gasteiger partial charge in [0.1, 0.15) is 0 Å². The van der Waals surface area contributed by atoms with Crippen molar-refractivity contribution in [1.29, 1.82) is 0 Å². The Morgan fingerprint density at radius 2 is 2.04 bits per heavy atom. The molecule has 6 nitrogen and oxygen atoms in total. The number of carboxylic acid groups (broad SMARTS) is 1. The van der Waals surface area contributed by atoms with Crippen LogP contribution in [0.3, 0.4) is 0 Å². The zero-order chi connectivity index (χ0) is 18.4. The Morgan fingerprint density at radius 3 is 2.68 bits per heavy atom. The van der Waals surface area contributed by atoms with Gasteiger partial charge in [-0.2, -0.15) is 0 Å². The first-order valence-corrected chi connectivity index (χ1v) is 8.60. The maximum absolute atomic E-state index is 12.5. The van der Waals surface area contributed by atoms with Crippen molar-refractivity contribution in [2.24, 2.45) is 11.3 Å². The van der Waals surface area contributed by atoms with Crippen molar-refractivity contribution in [2.75, 3.05) is 0 Å². The molecule has 0 saturated carbocycles. The molecule has 1 aliphatic rings. The lowest BCUT2D eigenvalue weighted by Crippen LogP contribution is -2.31. The van der Waals surface area contributed by atoms with E-state index in [2.05, 4.69) is 0 Å². The molecule has 0 spiro atoms. The molecule has 0 bridgehead atoms. The van der Waals surface area contributed by atoms with Crippen LogP contribution in [0.4, 0.5) is 0 Å². The van der Waals surface area contributed by atoms with Crippen LogP contribution in [0.2, 0.25) is 0 Å². The number of aliphatic hydroxyl groups excluding tert-OH is 1. The predicted molar refractivity (Wildman–Crippen MR) is 93.4 cm³/mol. The van der Waals surface area contributed by atoms with E-state index in [9.17, 15) is 19.8 Å². The number of ketones is 1. The third kappa shape index (κ3) is 2.89. The number of benzene rings is 1. The van der Waals surface area contributed by atoms with Crippen LogP contribution in [0.1, 0.15) is 57.5 Å². The van der Waals surface area contributed by atoms with Gasteiger partial charge in [-0.15, -0.1) is 11.3 Å². The number of thiophene rings is 1. The van der Waals surface area contributed by atoms with Crippen LogP contribution in [0.15, 0.2) is 24.3 Å². The second-order valence-corrected chi connectivity index (χ2v) is 7.83. The number of nitrogens with two attached hydrogens (primary N) is 1. The molecule has 1 atom stereocenters. The van der Waals surface area contributed by atoms with E-state index in [-0.39, 0.29) is 29.9 Å². The second kappa shape index (κ2) is 6.34. The number of Topliss-reactive ketones (excluding diaryl/α,β-unsaturated/α-hetero) is 1. The number of carboxylic acids is 1. The lowest BCUT2D eigenvalue weighted by atomic mass is 9.72. The molecule has 1 heterocycles. The minimum absolute atomic E-state index is 0.0157. The quantitative estimate of drug-likeness (QED) is 0.722. The lowest BCUT2D eigenvalue weighted by Gasteiger charge is -2.34. The number of hydrogen-bond acceptors (Lipinski definition) is 6. The van der Waals surface area contributed by atoms with Gasteiger partial charge < -0.3 is 10.2 Å². The predicted octanol–water partition coefficient (Wildman–Crippen LogP) is 3.15. The Labute approximate surface area is 148 Å². The molecule has 132 valence electrons. The normalized spacial score (nSPS) is 18.9. The van der Waals surface area contributed by atoms with Gasteiger partial charge in [-0.1, -0.05) is 38.1 Å². The Kier molecular flexibility index (Phi) is 4.51. The second-order valence-electron chi connectivity index (χ2n) is 6.81. The molecule has 0 saturated heterocycles. The summed E-state index contributed by atoms with van der Waals surface area (Å²) in [4.78, 5) is 30.0. The number of carbonyl (C=O) groups is 2. The fourth-order valence-electron chi connectivity index (χ4n) is 3.25. The molecule has 4 N–H and O–H groups in total. The zero-order valence-corrected chi connectivity index (χ0v) is 14.7. The highest BCUT2D eigenvalue weighted by Crippen LogP contribution is 2.50. The molecule has 0 fully saturated rings. The molecular weight excluding hydrogens is 342 g/mol. The van der Waals surface area contributed by atoms with Gasteiger partial charge in [0, 0.05) is 17.4 Å². The van der Waals surface area contributed by atoms with E-state index in [0.717, 1.165) is 11.3 Å².